The Kier molecular flexibility index (Phi) is 1.65. The van der Waals surface area contributed by atoms with E-state index in [2.05, 4.69) is 6.92 Å². The zero-order chi connectivity index (χ0) is 5.11. The molecular weight excluding hydrogens is 92.1 g/mol. The maximum atomic E-state index is 5.06. The zero-order valence-corrected chi connectivity index (χ0v) is 4.52. The summed E-state index contributed by atoms with van der Waals surface area (Å²) in [6.07, 6.45) is 1.45. The summed E-state index contributed by atoms with van der Waals surface area (Å²) in [7, 11) is 0. The van der Waals surface area contributed by atoms with Crippen LogP contribution in [0.4, 0.5) is 0 Å². The van der Waals surface area contributed by atoms with Crippen molar-refractivity contribution in [2.75, 3.05) is 13.4 Å². The predicted molar refractivity (Wildman–Crippen MR) is 26.0 cm³/mol. The summed E-state index contributed by atoms with van der Waals surface area (Å²) in [6, 6.07) is 0. The van der Waals surface area contributed by atoms with Crippen molar-refractivity contribution in [3.05, 3.63) is 0 Å². The number of hydrogen-bond donors (Lipinski definition) is 0. The van der Waals surface area contributed by atoms with Crippen molar-refractivity contribution in [2.24, 2.45) is 0 Å². The zero-order valence-electron chi connectivity index (χ0n) is 4.52. The van der Waals surface area contributed by atoms with Crippen LogP contribution in [0.3, 0.4) is 0 Å². The van der Waals surface area contributed by atoms with E-state index in [1.807, 2.05) is 0 Å². The van der Waals surface area contributed by atoms with Crippen LogP contribution in [-0.2, 0) is 9.47 Å². The Morgan fingerprint density at radius 3 is 2.71 bits per heavy atom. The predicted octanol–water partition coefficient (Wildman–Crippen LogP) is 0.769. The summed E-state index contributed by atoms with van der Waals surface area (Å²) in [5.41, 5.74) is 0. The first kappa shape index (κ1) is 5.06. The Hall–Kier alpha value is -0.0800. The van der Waals surface area contributed by atoms with Gasteiger partial charge in [-0.2, -0.15) is 0 Å². The van der Waals surface area contributed by atoms with Crippen molar-refractivity contribution < 1.29 is 9.47 Å². The lowest BCUT2D eigenvalue weighted by atomic mass is 10.3. The Bertz CT molecular complexity index is 48.0. The molecule has 0 N–H and O–H groups in total. The molecule has 2 heteroatoms. The second kappa shape index (κ2) is 2.28. The van der Waals surface area contributed by atoms with Crippen LogP contribution in [-0.4, -0.2) is 19.5 Å². The summed E-state index contributed by atoms with van der Waals surface area (Å²) in [6.45, 7) is 3.41. The van der Waals surface area contributed by atoms with Crippen molar-refractivity contribution in [1.82, 2.24) is 0 Å². The molecule has 0 aromatic heterocycles. The summed E-state index contributed by atoms with van der Waals surface area (Å²) in [5.74, 6) is 0. The molecule has 0 unspecified atom stereocenters. The fourth-order valence-corrected chi connectivity index (χ4v) is 0.556. The monoisotopic (exact) mass is 102 g/mol. The van der Waals surface area contributed by atoms with Gasteiger partial charge in [0.25, 0.3) is 0 Å². The smallest absolute Gasteiger partial charge is 0.147 e. The molecule has 0 aliphatic carbocycles. The molecule has 1 fully saturated rings. The van der Waals surface area contributed by atoms with Crippen molar-refractivity contribution in [3.63, 3.8) is 0 Å². The summed E-state index contributed by atoms with van der Waals surface area (Å²) in [4.78, 5) is 0. The molecule has 7 heavy (non-hydrogen) atoms. The molecule has 1 aliphatic rings. The third kappa shape index (κ3) is 1.45. The van der Waals surface area contributed by atoms with E-state index < -0.39 is 0 Å². The SMILES string of the molecule is C[C@H]1CCOCO1. The number of rotatable bonds is 0. The summed E-state index contributed by atoms with van der Waals surface area (Å²) in [5, 5.41) is 0. The first-order valence-electron chi connectivity index (χ1n) is 2.59. The van der Waals surface area contributed by atoms with Crippen molar-refractivity contribution in [3.8, 4) is 0 Å². The average molecular weight is 102 g/mol. The summed E-state index contributed by atoms with van der Waals surface area (Å²) >= 11 is 0. The highest BCUT2D eigenvalue weighted by Crippen LogP contribution is 2.02. The lowest BCUT2D eigenvalue weighted by Gasteiger charge is -2.17. The van der Waals surface area contributed by atoms with Gasteiger partial charge in [0.15, 0.2) is 0 Å². The molecule has 0 bridgehead atoms. The lowest BCUT2D eigenvalue weighted by Crippen LogP contribution is -2.20. The third-order valence-corrected chi connectivity index (χ3v) is 1.10. The minimum absolute atomic E-state index is 0.411. The molecule has 0 amide bonds. The fourth-order valence-electron chi connectivity index (χ4n) is 0.556. The van der Waals surface area contributed by atoms with Gasteiger partial charge in [-0.1, -0.05) is 0 Å². The van der Waals surface area contributed by atoms with Gasteiger partial charge in [0.05, 0.1) is 12.7 Å². The van der Waals surface area contributed by atoms with Crippen molar-refractivity contribution >= 4 is 0 Å². The second-order valence-electron chi connectivity index (χ2n) is 1.79. The molecule has 1 rings (SSSR count). The van der Waals surface area contributed by atoms with Crippen LogP contribution in [0.1, 0.15) is 13.3 Å². The molecule has 0 aromatic rings. The number of ether oxygens (including phenoxy) is 2. The van der Waals surface area contributed by atoms with Crippen LogP contribution in [0.5, 0.6) is 0 Å². The van der Waals surface area contributed by atoms with Gasteiger partial charge in [-0.15, -0.1) is 0 Å². The number of hydrogen-bond acceptors (Lipinski definition) is 2. The van der Waals surface area contributed by atoms with Crippen LogP contribution in [0.25, 0.3) is 0 Å². The van der Waals surface area contributed by atoms with E-state index in [0.29, 0.717) is 12.9 Å². The van der Waals surface area contributed by atoms with Gasteiger partial charge >= 0.3 is 0 Å². The normalized spacial score (nSPS) is 33.0. The van der Waals surface area contributed by atoms with E-state index in [1.54, 1.807) is 0 Å². The molecular formula is C5H10O2. The van der Waals surface area contributed by atoms with Gasteiger partial charge in [0.2, 0.25) is 0 Å². The highest BCUT2D eigenvalue weighted by atomic mass is 16.7. The van der Waals surface area contributed by atoms with Crippen LogP contribution >= 0.6 is 0 Å². The quantitative estimate of drug-likeness (QED) is 0.449. The van der Waals surface area contributed by atoms with Gasteiger partial charge < -0.3 is 9.47 Å². The van der Waals surface area contributed by atoms with Crippen LogP contribution < -0.4 is 0 Å². The molecule has 1 atom stereocenters. The highest BCUT2D eigenvalue weighted by molar-refractivity contribution is 4.49. The molecule has 1 aliphatic heterocycles. The summed E-state index contributed by atoms with van der Waals surface area (Å²) < 4.78 is 9.97. The maximum Gasteiger partial charge on any atom is 0.147 e. The Morgan fingerprint density at radius 2 is 2.43 bits per heavy atom. The topological polar surface area (TPSA) is 18.5 Å². The maximum absolute atomic E-state index is 5.06. The van der Waals surface area contributed by atoms with Crippen molar-refractivity contribution in [1.29, 1.82) is 0 Å². The highest BCUT2D eigenvalue weighted by Gasteiger charge is 2.05. The fraction of sp³-hybridized carbons (Fsp3) is 1.00. The van der Waals surface area contributed by atoms with E-state index in [-0.39, 0.29) is 0 Å². The van der Waals surface area contributed by atoms with E-state index in [4.69, 9.17) is 9.47 Å². The molecule has 42 valence electrons. The van der Waals surface area contributed by atoms with Gasteiger partial charge in [-0.3, -0.25) is 0 Å². The van der Waals surface area contributed by atoms with E-state index in [1.165, 1.54) is 0 Å². The first-order valence-corrected chi connectivity index (χ1v) is 2.59. The molecule has 0 radical (unpaired) electrons. The third-order valence-electron chi connectivity index (χ3n) is 1.10. The average Bonchev–Trinajstić information content (AvgIpc) is 1.69. The Morgan fingerprint density at radius 1 is 1.57 bits per heavy atom. The largest absolute Gasteiger partial charge is 0.355 e. The second-order valence-corrected chi connectivity index (χ2v) is 1.79. The molecule has 1 heterocycles. The Labute approximate surface area is 43.4 Å². The van der Waals surface area contributed by atoms with Crippen LogP contribution in [0.2, 0.25) is 0 Å². The van der Waals surface area contributed by atoms with Gasteiger partial charge in [0.1, 0.15) is 6.79 Å². The molecule has 0 saturated carbocycles. The minimum Gasteiger partial charge on any atom is -0.355 e. The lowest BCUT2D eigenvalue weighted by molar-refractivity contribution is -0.132. The van der Waals surface area contributed by atoms with Crippen LogP contribution in [0, 0.1) is 0 Å². The van der Waals surface area contributed by atoms with E-state index in [0.717, 1.165) is 13.0 Å². The molecule has 0 aromatic carbocycles. The van der Waals surface area contributed by atoms with E-state index >= 15 is 0 Å². The Balaban J connectivity index is 2.12. The van der Waals surface area contributed by atoms with Gasteiger partial charge in [-0.25, -0.2) is 0 Å². The van der Waals surface area contributed by atoms with Gasteiger partial charge in [-0.05, 0) is 13.3 Å². The standard InChI is InChI=1S/C5H10O2/c1-5-2-3-6-4-7-5/h5H,2-4H2,1H3/t5-/m0/s1. The van der Waals surface area contributed by atoms with E-state index in [9.17, 15) is 0 Å². The van der Waals surface area contributed by atoms with Gasteiger partial charge in [0, 0.05) is 0 Å². The minimum atomic E-state index is 0.411. The van der Waals surface area contributed by atoms with Crippen LogP contribution in [0.15, 0.2) is 0 Å². The van der Waals surface area contributed by atoms with Crippen molar-refractivity contribution in [2.45, 2.75) is 19.4 Å². The molecule has 0 spiro atoms. The molecule has 2 nitrogen and oxygen atoms in total. The molecule has 1 saturated heterocycles. The first-order chi connectivity index (χ1) is 3.39.